The fourth-order valence-corrected chi connectivity index (χ4v) is 2.61. The van der Waals surface area contributed by atoms with Crippen LogP contribution in [0.4, 0.5) is 0 Å². The zero-order chi connectivity index (χ0) is 15.0. The second kappa shape index (κ2) is 5.13. The van der Waals surface area contributed by atoms with E-state index in [-0.39, 0.29) is 24.1 Å². The van der Waals surface area contributed by atoms with Gasteiger partial charge in [0.05, 0.1) is 19.1 Å². The molecule has 3 rings (SSSR count). The number of aromatic hydroxyl groups is 1. The van der Waals surface area contributed by atoms with Crippen molar-refractivity contribution in [3.05, 3.63) is 53.1 Å². The molecule has 0 amide bonds. The highest BCUT2D eigenvalue weighted by Crippen LogP contribution is 2.45. The van der Waals surface area contributed by atoms with Crippen molar-refractivity contribution in [1.29, 1.82) is 0 Å². The number of phenolic OH excluding ortho intramolecular Hbond substituents is 1. The first-order valence-electron chi connectivity index (χ1n) is 6.77. The fraction of sp³-hybridized carbons (Fsp3) is 0.235. The number of Topliss-reactive ketones (excluding diaryl/α,β-unsaturated/α-hetero) is 1. The minimum atomic E-state index is -0.330. The molecule has 0 aliphatic carbocycles. The number of ketones is 1. The molecule has 0 spiro atoms. The van der Waals surface area contributed by atoms with E-state index in [4.69, 9.17) is 9.47 Å². The van der Waals surface area contributed by atoms with Gasteiger partial charge in [0, 0.05) is 5.56 Å². The molecule has 0 unspecified atom stereocenters. The maximum atomic E-state index is 12.4. The number of methoxy groups -OCH3 is 1. The van der Waals surface area contributed by atoms with Gasteiger partial charge >= 0.3 is 0 Å². The Morgan fingerprint density at radius 2 is 2.00 bits per heavy atom. The summed E-state index contributed by atoms with van der Waals surface area (Å²) in [7, 11) is 1.50. The average Bonchev–Trinajstić information content (AvgIpc) is 2.50. The third kappa shape index (κ3) is 2.23. The first-order valence-corrected chi connectivity index (χ1v) is 6.77. The number of benzene rings is 2. The molecule has 1 heterocycles. The molecule has 0 fully saturated rings. The summed E-state index contributed by atoms with van der Waals surface area (Å²) in [5.41, 5.74) is 1.89. The van der Waals surface area contributed by atoms with Crippen LogP contribution in [-0.4, -0.2) is 18.0 Å². The van der Waals surface area contributed by atoms with E-state index < -0.39 is 0 Å². The summed E-state index contributed by atoms with van der Waals surface area (Å²) in [6, 6.07) is 11.1. The highest BCUT2D eigenvalue weighted by atomic mass is 16.5. The van der Waals surface area contributed by atoms with E-state index in [0.717, 1.165) is 5.56 Å². The fourth-order valence-electron chi connectivity index (χ4n) is 2.61. The minimum absolute atomic E-state index is 0.0423. The average molecular weight is 284 g/mol. The van der Waals surface area contributed by atoms with Gasteiger partial charge in [0.1, 0.15) is 11.9 Å². The first kappa shape index (κ1) is 13.5. The van der Waals surface area contributed by atoms with Gasteiger partial charge in [0.25, 0.3) is 0 Å². The smallest absolute Gasteiger partial charge is 0.173 e. The topological polar surface area (TPSA) is 55.8 Å². The van der Waals surface area contributed by atoms with E-state index in [1.165, 1.54) is 13.2 Å². The molecule has 0 bridgehead atoms. The second-order valence-corrected chi connectivity index (χ2v) is 5.08. The number of hydrogen-bond donors (Lipinski definition) is 1. The standard InChI is InChI=1S/C17H16O4/c1-10-13(18)8-12-14(19)9-15(11-6-4-3-5-7-11)21-17(12)16(10)20-2/h3-8,15,18H,9H2,1-2H3/t15-/m1/s1. The molecule has 2 aromatic rings. The van der Waals surface area contributed by atoms with Crippen molar-refractivity contribution in [2.45, 2.75) is 19.4 Å². The van der Waals surface area contributed by atoms with E-state index in [9.17, 15) is 9.90 Å². The molecule has 108 valence electrons. The lowest BCUT2D eigenvalue weighted by Crippen LogP contribution is -2.21. The normalized spacial score (nSPS) is 17.0. The van der Waals surface area contributed by atoms with E-state index >= 15 is 0 Å². The molecule has 0 radical (unpaired) electrons. The highest BCUT2D eigenvalue weighted by molar-refractivity contribution is 6.01. The summed E-state index contributed by atoms with van der Waals surface area (Å²) in [5, 5.41) is 9.90. The third-order valence-corrected chi connectivity index (χ3v) is 3.76. The lowest BCUT2D eigenvalue weighted by atomic mass is 9.94. The lowest BCUT2D eigenvalue weighted by Gasteiger charge is -2.27. The molecule has 4 heteroatoms. The van der Waals surface area contributed by atoms with Gasteiger partial charge in [-0.2, -0.15) is 0 Å². The van der Waals surface area contributed by atoms with Gasteiger partial charge in [-0.25, -0.2) is 0 Å². The summed E-state index contributed by atoms with van der Waals surface area (Å²) in [4.78, 5) is 12.4. The summed E-state index contributed by atoms with van der Waals surface area (Å²) in [6.45, 7) is 1.73. The molecule has 0 aromatic heterocycles. The Morgan fingerprint density at radius 1 is 1.29 bits per heavy atom. The van der Waals surface area contributed by atoms with E-state index in [1.54, 1.807) is 6.92 Å². The van der Waals surface area contributed by atoms with Crippen molar-refractivity contribution in [3.8, 4) is 17.2 Å². The van der Waals surface area contributed by atoms with Crippen LogP contribution in [0.5, 0.6) is 17.2 Å². The van der Waals surface area contributed by atoms with Crippen LogP contribution in [0.1, 0.15) is 34.0 Å². The SMILES string of the molecule is COc1c(C)c(O)cc2c1O[C@@H](c1ccccc1)CC2=O. The van der Waals surface area contributed by atoms with Crippen LogP contribution < -0.4 is 9.47 Å². The molecule has 0 saturated carbocycles. The Morgan fingerprint density at radius 3 is 2.67 bits per heavy atom. The van der Waals surface area contributed by atoms with Crippen molar-refractivity contribution in [2.24, 2.45) is 0 Å². The van der Waals surface area contributed by atoms with Gasteiger partial charge in [-0.3, -0.25) is 4.79 Å². The zero-order valence-corrected chi connectivity index (χ0v) is 11.9. The van der Waals surface area contributed by atoms with Gasteiger partial charge < -0.3 is 14.6 Å². The Labute approximate surface area is 122 Å². The predicted octanol–water partition coefficient (Wildman–Crippen LogP) is 3.42. The van der Waals surface area contributed by atoms with Crippen molar-refractivity contribution < 1.29 is 19.4 Å². The molecule has 1 aliphatic rings. The Hall–Kier alpha value is -2.49. The second-order valence-electron chi connectivity index (χ2n) is 5.08. The number of ether oxygens (including phenoxy) is 2. The van der Waals surface area contributed by atoms with Crippen LogP contribution in [0.2, 0.25) is 0 Å². The third-order valence-electron chi connectivity index (χ3n) is 3.76. The zero-order valence-electron chi connectivity index (χ0n) is 11.9. The highest BCUT2D eigenvalue weighted by Gasteiger charge is 2.32. The monoisotopic (exact) mass is 284 g/mol. The van der Waals surface area contributed by atoms with Crippen LogP contribution in [0.25, 0.3) is 0 Å². The van der Waals surface area contributed by atoms with E-state index in [0.29, 0.717) is 22.6 Å². The van der Waals surface area contributed by atoms with Gasteiger partial charge in [-0.15, -0.1) is 0 Å². The van der Waals surface area contributed by atoms with Gasteiger partial charge in [0.15, 0.2) is 17.3 Å². The van der Waals surface area contributed by atoms with Crippen LogP contribution in [0, 0.1) is 6.92 Å². The van der Waals surface area contributed by atoms with Crippen molar-refractivity contribution in [1.82, 2.24) is 0 Å². The quantitative estimate of drug-likeness (QED) is 0.918. The molecule has 4 nitrogen and oxygen atoms in total. The van der Waals surface area contributed by atoms with Crippen LogP contribution >= 0.6 is 0 Å². The number of rotatable bonds is 2. The number of carbonyl (C=O) groups is 1. The van der Waals surface area contributed by atoms with Gasteiger partial charge in [0.2, 0.25) is 0 Å². The molecular formula is C17H16O4. The molecular weight excluding hydrogens is 268 g/mol. The maximum absolute atomic E-state index is 12.4. The van der Waals surface area contributed by atoms with Crippen LogP contribution in [0.15, 0.2) is 36.4 Å². The summed E-state index contributed by atoms with van der Waals surface area (Å²) >= 11 is 0. The van der Waals surface area contributed by atoms with Crippen molar-refractivity contribution in [2.75, 3.05) is 7.11 Å². The predicted molar refractivity (Wildman–Crippen MR) is 78.2 cm³/mol. The molecule has 1 N–H and O–H groups in total. The summed E-state index contributed by atoms with van der Waals surface area (Å²) < 4.78 is 11.3. The lowest BCUT2D eigenvalue weighted by molar-refractivity contribution is 0.0841. The number of fused-ring (bicyclic) bond motifs is 1. The molecule has 0 saturated heterocycles. The Balaban J connectivity index is 2.09. The van der Waals surface area contributed by atoms with Crippen molar-refractivity contribution in [3.63, 3.8) is 0 Å². The number of carbonyl (C=O) groups excluding carboxylic acids is 1. The van der Waals surface area contributed by atoms with Crippen LogP contribution in [-0.2, 0) is 0 Å². The minimum Gasteiger partial charge on any atom is -0.508 e. The van der Waals surface area contributed by atoms with E-state index in [2.05, 4.69) is 0 Å². The van der Waals surface area contributed by atoms with Crippen LogP contribution in [0.3, 0.4) is 0 Å². The largest absolute Gasteiger partial charge is 0.508 e. The summed E-state index contributed by atoms with van der Waals surface area (Å²) in [6.07, 6.45) is -0.0769. The molecule has 2 aromatic carbocycles. The molecule has 21 heavy (non-hydrogen) atoms. The molecule has 1 aliphatic heterocycles. The summed E-state index contributed by atoms with van der Waals surface area (Å²) in [5.74, 6) is 0.816. The van der Waals surface area contributed by atoms with E-state index in [1.807, 2.05) is 30.3 Å². The van der Waals surface area contributed by atoms with Gasteiger partial charge in [-0.1, -0.05) is 30.3 Å². The molecule has 1 atom stereocenters. The maximum Gasteiger partial charge on any atom is 0.173 e. The Bertz CT molecular complexity index is 692. The first-order chi connectivity index (χ1) is 10.1. The van der Waals surface area contributed by atoms with Gasteiger partial charge in [-0.05, 0) is 18.6 Å². The Kier molecular flexibility index (Phi) is 3.29. The van der Waals surface area contributed by atoms with Crippen molar-refractivity contribution >= 4 is 5.78 Å². The number of phenols is 1. The number of hydrogen-bond acceptors (Lipinski definition) is 4.